The van der Waals surface area contributed by atoms with Crippen molar-refractivity contribution >= 4 is 23.1 Å². The van der Waals surface area contributed by atoms with Crippen molar-refractivity contribution in [1.82, 2.24) is 4.98 Å². The van der Waals surface area contributed by atoms with Gasteiger partial charge in [-0.2, -0.15) is 0 Å². The molecule has 1 rings (SSSR count). The Morgan fingerprint density at radius 3 is 2.82 bits per heavy atom. The van der Waals surface area contributed by atoms with E-state index >= 15 is 0 Å². The summed E-state index contributed by atoms with van der Waals surface area (Å²) in [5.41, 5.74) is 5.51. The molecule has 0 aromatic carbocycles. The van der Waals surface area contributed by atoms with Crippen molar-refractivity contribution < 1.29 is 4.92 Å². The first-order valence-electron chi connectivity index (χ1n) is 2.66. The number of nitrogens with zero attached hydrogens (tertiary/aromatic N) is 2. The fourth-order valence-corrected chi connectivity index (χ4v) is 0.678. The number of halogens is 1. The van der Waals surface area contributed by atoms with Gasteiger partial charge in [0.05, 0.1) is 16.8 Å². The lowest BCUT2D eigenvalue weighted by atomic mass is 10.4. The average molecular weight is 174 g/mol. The number of nitrogen functional groups attached to an aromatic ring is 1. The van der Waals surface area contributed by atoms with Gasteiger partial charge >= 0.3 is 5.82 Å². The summed E-state index contributed by atoms with van der Waals surface area (Å²) >= 11 is 5.49. The zero-order chi connectivity index (χ0) is 8.43. The highest BCUT2D eigenvalue weighted by molar-refractivity contribution is 6.33. The lowest BCUT2D eigenvalue weighted by molar-refractivity contribution is -0.389. The van der Waals surface area contributed by atoms with Gasteiger partial charge in [-0.3, -0.25) is 0 Å². The fourth-order valence-electron chi connectivity index (χ4n) is 0.531. The standard InChI is InChI=1S/C5H4ClN3O2/c6-3-1-5(9(10)11)8-2-4(3)7/h1-2H,7H2. The molecule has 0 amide bonds. The topological polar surface area (TPSA) is 82.0 Å². The Morgan fingerprint density at radius 2 is 2.36 bits per heavy atom. The lowest BCUT2D eigenvalue weighted by Crippen LogP contribution is -1.94. The second kappa shape index (κ2) is 2.71. The highest BCUT2D eigenvalue weighted by atomic mass is 35.5. The number of nitro groups is 1. The van der Waals surface area contributed by atoms with Crippen molar-refractivity contribution in [3.8, 4) is 0 Å². The van der Waals surface area contributed by atoms with Gasteiger partial charge < -0.3 is 15.8 Å². The molecule has 0 aliphatic rings. The first-order valence-corrected chi connectivity index (χ1v) is 3.04. The zero-order valence-electron chi connectivity index (χ0n) is 5.32. The molecule has 0 spiro atoms. The maximum Gasteiger partial charge on any atom is 0.365 e. The van der Waals surface area contributed by atoms with Gasteiger partial charge in [0.15, 0.2) is 6.20 Å². The molecule has 11 heavy (non-hydrogen) atoms. The van der Waals surface area contributed by atoms with Crippen LogP contribution in [0, 0.1) is 10.1 Å². The molecule has 1 aromatic rings. The maximum absolute atomic E-state index is 10.1. The van der Waals surface area contributed by atoms with E-state index in [2.05, 4.69) is 4.98 Å². The summed E-state index contributed by atoms with van der Waals surface area (Å²) < 4.78 is 0. The van der Waals surface area contributed by atoms with E-state index in [0.29, 0.717) is 0 Å². The maximum atomic E-state index is 10.1. The van der Waals surface area contributed by atoms with Crippen LogP contribution in [0.5, 0.6) is 0 Å². The number of anilines is 1. The Labute approximate surface area is 66.9 Å². The van der Waals surface area contributed by atoms with Gasteiger partial charge in [-0.15, -0.1) is 0 Å². The van der Waals surface area contributed by atoms with E-state index in [1.807, 2.05) is 0 Å². The highest BCUT2D eigenvalue weighted by Crippen LogP contribution is 2.20. The molecular formula is C5H4ClN3O2. The van der Waals surface area contributed by atoms with Gasteiger partial charge in [0.2, 0.25) is 0 Å². The molecule has 0 bridgehead atoms. The summed E-state index contributed by atoms with van der Waals surface area (Å²) in [4.78, 5) is 12.9. The Kier molecular flexibility index (Phi) is 1.91. The fraction of sp³-hybridized carbons (Fsp3) is 0. The van der Waals surface area contributed by atoms with Crippen LogP contribution >= 0.6 is 11.6 Å². The Bertz CT molecular complexity index is 302. The smallest absolute Gasteiger partial charge is 0.365 e. The zero-order valence-corrected chi connectivity index (χ0v) is 6.08. The van der Waals surface area contributed by atoms with Gasteiger partial charge in [-0.25, -0.2) is 0 Å². The van der Waals surface area contributed by atoms with E-state index in [1.165, 1.54) is 0 Å². The third-order valence-corrected chi connectivity index (χ3v) is 1.38. The molecule has 0 atom stereocenters. The Morgan fingerprint density at radius 1 is 1.73 bits per heavy atom. The molecule has 0 radical (unpaired) electrons. The van der Waals surface area contributed by atoms with Crippen molar-refractivity contribution in [2.45, 2.75) is 0 Å². The number of hydrogen-bond donors (Lipinski definition) is 1. The predicted molar refractivity (Wildman–Crippen MR) is 40.3 cm³/mol. The summed E-state index contributed by atoms with van der Waals surface area (Å²) in [7, 11) is 0. The van der Waals surface area contributed by atoms with Gasteiger partial charge in [0.1, 0.15) is 0 Å². The minimum atomic E-state index is -0.634. The van der Waals surface area contributed by atoms with Crippen LogP contribution in [0.15, 0.2) is 12.3 Å². The molecule has 0 saturated heterocycles. The van der Waals surface area contributed by atoms with Gasteiger partial charge in [-0.1, -0.05) is 11.6 Å². The molecule has 0 aliphatic heterocycles. The molecule has 0 aliphatic carbocycles. The molecular weight excluding hydrogens is 170 g/mol. The molecule has 1 heterocycles. The van der Waals surface area contributed by atoms with E-state index in [0.717, 1.165) is 12.3 Å². The van der Waals surface area contributed by atoms with Gasteiger partial charge in [0, 0.05) is 0 Å². The number of pyridine rings is 1. The monoisotopic (exact) mass is 173 g/mol. The minimum absolute atomic E-state index is 0.145. The van der Waals surface area contributed by atoms with E-state index in [9.17, 15) is 10.1 Å². The first-order chi connectivity index (χ1) is 5.11. The van der Waals surface area contributed by atoms with Crippen molar-refractivity contribution in [1.29, 1.82) is 0 Å². The minimum Gasteiger partial charge on any atom is -0.394 e. The van der Waals surface area contributed by atoms with Crippen molar-refractivity contribution in [3.63, 3.8) is 0 Å². The number of hydrogen-bond acceptors (Lipinski definition) is 4. The number of aromatic nitrogens is 1. The predicted octanol–water partition coefficient (Wildman–Crippen LogP) is 1.23. The van der Waals surface area contributed by atoms with Crippen LogP contribution in [-0.2, 0) is 0 Å². The molecule has 1 aromatic heterocycles. The Balaban J connectivity index is 3.15. The van der Waals surface area contributed by atoms with Crippen LogP contribution in [0.2, 0.25) is 5.02 Å². The second-order valence-corrected chi connectivity index (χ2v) is 2.23. The molecule has 0 unspecified atom stereocenters. The lowest BCUT2D eigenvalue weighted by Gasteiger charge is -1.93. The third kappa shape index (κ3) is 1.56. The van der Waals surface area contributed by atoms with Gasteiger partial charge in [0.25, 0.3) is 0 Å². The van der Waals surface area contributed by atoms with Gasteiger partial charge in [-0.05, 0) is 9.91 Å². The van der Waals surface area contributed by atoms with Crippen LogP contribution in [-0.4, -0.2) is 9.91 Å². The number of nitrogens with two attached hydrogens (primary N) is 1. The largest absolute Gasteiger partial charge is 0.394 e. The molecule has 0 saturated carbocycles. The summed E-state index contributed by atoms with van der Waals surface area (Å²) in [6.07, 6.45) is 1.15. The molecule has 58 valence electrons. The van der Waals surface area contributed by atoms with Crippen LogP contribution in [0.3, 0.4) is 0 Å². The SMILES string of the molecule is Nc1cnc([N+](=O)[O-])cc1Cl. The van der Waals surface area contributed by atoms with Crippen molar-refractivity contribution in [2.75, 3.05) is 5.73 Å². The highest BCUT2D eigenvalue weighted by Gasteiger charge is 2.08. The van der Waals surface area contributed by atoms with E-state index in [-0.39, 0.29) is 16.5 Å². The van der Waals surface area contributed by atoms with Crippen molar-refractivity contribution in [3.05, 3.63) is 27.4 Å². The summed E-state index contributed by atoms with van der Waals surface area (Å²) in [5.74, 6) is -0.302. The summed E-state index contributed by atoms with van der Waals surface area (Å²) in [6.45, 7) is 0. The summed E-state index contributed by atoms with van der Waals surface area (Å²) in [5, 5.41) is 10.3. The second-order valence-electron chi connectivity index (χ2n) is 1.82. The Hall–Kier alpha value is -1.36. The van der Waals surface area contributed by atoms with Crippen molar-refractivity contribution in [2.24, 2.45) is 0 Å². The van der Waals surface area contributed by atoms with Crippen LogP contribution in [0.1, 0.15) is 0 Å². The molecule has 5 nitrogen and oxygen atoms in total. The van der Waals surface area contributed by atoms with E-state index in [4.69, 9.17) is 17.3 Å². The molecule has 2 N–H and O–H groups in total. The molecule has 6 heteroatoms. The normalized spacial score (nSPS) is 9.55. The van der Waals surface area contributed by atoms with E-state index < -0.39 is 4.92 Å². The first kappa shape index (κ1) is 7.74. The number of rotatable bonds is 1. The van der Waals surface area contributed by atoms with Crippen LogP contribution in [0.25, 0.3) is 0 Å². The van der Waals surface area contributed by atoms with Crippen LogP contribution in [0.4, 0.5) is 11.5 Å². The summed E-state index contributed by atoms with van der Waals surface area (Å²) in [6, 6.07) is 1.11. The quantitative estimate of drug-likeness (QED) is 0.511. The average Bonchev–Trinajstić information content (AvgIpc) is 1.94. The molecule has 0 fully saturated rings. The van der Waals surface area contributed by atoms with Crippen LogP contribution < -0.4 is 5.73 Å². The third-order valence-electron chi connectivity index (χ3n) is 1.05. The van der Waals surface area contributed by atoms with E-state index in [1.54, 1.807) is 0 Å².